The van der Waals surface area contributed by atoms with Crippen molar-refractivity contribution in [3.8, 4) is 0 Å². The molecule has 0 aliphatic carbocycles. The number of hydrogen-bond acceptors (Lipinski definition) is 3. The second-order valence-electron chi connectivity index (χ2n) is 3.98. The van der Waals surface area contributed by atoms with Gasteiger partial charge < -0.3 is 11.1 Å². The van der Waals surface area contributed by atoms with E-state index in [-0.39, 0.29) is 5.82 Å². The summed E-state index contributed by atoms with van der Waals surface area (Å²) >= 11 is 0. The summed E-state index contributed by atoms with van der Waals surface area (Å²) in [5, 5.41) is 3.08. The van der Waals surface area contributed by atoms with Gasteiger partial charge in [0, 0.05) is 11.4 Å². The van der Waals surface area contributed by atoms with Crippen LogP contribution in [0.3, 0.4) is 0 Å². The zero-order chi connectivity index (χ0) is 12.4. The number of benzene rings is 1. The Bertz CT molecular complexity index is 552. The minimum Gasteiger partial charge on any atom is -0.396 e. The van der Waals surface area contributed by atoms with Gasteiger partial charge in [-0.05, 0) is 49.7 Å². The van der Waals surface area contributed by atoms with Crippen LogP contribution in [-0.4, -0.2) is 4.98 Å². The molecule has 1 aromatic carbocycles. The van der Waals surface area contributed by atoms with Gasteiger partial charge in [-0.2, -0.15) is 0 Å². The molecular weight excluding hydrogens is 217 g/mol. The van der Waals surface area contributed by atoms with E-state index in [0.717, 1.165) is 11.4 Å². The summed E-state index contributed by atoms with van der Waals surface area (Å²) in [4.78, 5) is 4.29. The minimum absolute atomic E-state index is 0.222. The lowest BCUT2D eigenvalue weighted by atomic mass is 10.2. The molecule has 0 bridgehead atoms. The average molecular weight is 231 g/mol. The first kappa shape index (κ1) is 11.4. The fourth-order valence-corrected chi connectivity index (χ4v) is 1.53. The highest BCUT2D eigenvalue weighted by Gasteiger charge is 2.03. The number of aryl methyl sites for hydroxylation is 2. The van der Waals surface area contributed by atoms with Crippen molar-refractivity contribution in [2.45, 2.75) is 13.8 Å². The van der Waals surface area contributed by atoms with Crippen molar-refractivity contribution >= 4 is 17.2 Å². The van der Waals surface area contributed by atoms with Gasteiger partial charge in [0.1, 0.15) is 5.82 Å². The third kappa shape index (κ3) is 2.53. The van der Waals surface area contributed by atoms with Gasteiger partial charge in [-0.1, -0.05) is 0 Å². The molecule has 0 unspecified atom stereocenters. The third-order valence-electron chi connectivity index (χ3n) is 2.49. The molecule has 1 heterocycles. The van der Waals surface area contributed by atoms with E-state index in [0.29, 0.717) is 17.1 Å². The lowest BCUT2D eigenvalue weighted by Gasteiger charge is -2.09. The van der Waals surface area contributed by atoms with Gasteiger partial charge in [0.2, 0.25) is 0 Å². The van der Waals surface area contributed by atoms with Crippen LogP contribution in [0.2, 0.25) is 0 Å². The topological polar surface area (TPSA) is 50.9 Å². The van der Waals surface area contributed by atoms with Gasteiger partial charge in [-0.15, -0.1) is 0 Å². The number of pyridine rings is 1. The number of hydrogen-bond donors (Lipinski definition) is 2. The monoisotopic (exact) mass is 231 g/mol. The summed E-state index contributed by atoms with van der Waals surface area (Å²) in [6.45, 7) is 3.61. The number of nitrogens with two attached hydrogens (primary N) is 1. The van der Waals surface area contributed by atoms with Crippen LogP contribution in [0.5, 0.6) is 0 Å². The Kier molecular flexibility index (Phi) is 2.95. The van der Waals surface area contributed by atoms with Crippen LogP contribution in [-0.2, 0) is 0 Å². The molecule has 2 rings (SSSR count). The molecular formula is C13H14FN3. The van der Waals surface area contributed by atoms with Crippen molar-refractivity contribution in [3.63, 3.8) is 0 Å². The average Bonchev–Trinajstić information content (AvgIpc) is 2.29. The quantitative estimate of drug-likeness (QED) is 0.834. The van der Waals surface area contributed by atoms with Crippen molar-refractivity contribution in [1.29, 1.82) is 0 Å². The second-order valence-corrected chi connectivity index (χ2v) is 3.98. The molecule has 0 fully saturated rings. The molecule has 0 radical (unpaired) electrons. The predicted molar refractivity (Wildman–Crippen MR) is 67.8 cm³/mol. The molecule has 0 saturated carbocycles. The van der Waals surface area contributed by atoms with Crippen LogP contribution in [0.15, 0.2) is 30.3 Å². The Morgan fingerprint density at radius 2 is 1.94 bits per heavy atom. The number of anilines is 3. The van der Waals surface area contributed by atoms with Crippen LogP contribution in [0.1, 0.15) is 11.3 Å². The number of nitrogen functional groups attached to an aromatic ring is 1. The lowest BCUT2D eigenvalue weighted by Crippen LogP contribution is -2.00. The Balaban J connectivity index is 2.31. The third-order valence-corrected chi connectivity index (χ3v) is 2.49. The van der Waals surface area contributed by atoms with Crippen LogP contribution >= 0.6 is 0 Å². The molecule has 0 atom stereocenters. The maximum absolute atomic E-state index is 13.1. The van der Waals surface area contributed by atoms with Crippen LogP contribution in [0.4, 0.5) is 21.6 Å². The van der Waals surface area contributed by atoms with Crippen molar-refractivity contribution in [2.24, 2.45) is 0 Å². The maximum atomic E-state index is 13.1. The Labute approximate surface area is 99.5 Å². The fraction of sp³-hybridized carbons (Fsp3) is 0.154. The van der Waals surface area contributed by atoms with E-state index in [1.54, 1.807) is 25.1 Å². The van der Waals surface area contributed by atoms with Crippen molar-refractivity contribution in [2.75, 3.05) is 11.1 Å². The summed E-state index contributed by atoms with van der Waals surface area (Å²) in [5.41, 5.74) is 8.61. The van der Waals surface area contributed by atoms with Gasteiger partial charge in [-0.25, -0.2) is 9.37 Å². The highest BCUT2D eigenvalue weighted by Crippen LogP contribution is 2.22. The summed E-state index contributed by atoms with van der Waals surface area (Å²) in [6.07, 6.45) is 0. The Morgan fingerprint density at radius 3 is 2.65 bits per heavy atom. The van der Waals surface area contributed by atoms with Crippen molar-refractivity contribution in [1.82, 2.24) is 4.98 Å². The molecule has 2 aromatic rings. The molecule has 4 heteroatoms. The summed E-state index contributed by atoms with van der Waals surface area (Å²) in [5.74, 6) is 0.372. The number of aromatic nitrogens is 1. The number of nitrogens with one attached hydrogen (secondary N) is 1. The van der Waals surface area contributed by atoms with E-state index in [1.165, 1.54) is 6.07 Å². The van der Waals surface area contributed by atoms with Gasteiger partial charge in [0.05, 0.1) is 5.69 Å². The Morgan fingerprint density at radius 1 is 1.18 bits per heavy atom. The highest BCUT2D eigenvalue weighted by molar-refractivity contribution is 5.68. The fourth-order valence-electron chi connectivity index (χ4n) is 1.53. The van der Waals surface area contributed by atoms with Crippen LogP contribution in [0.25, 0.3) is 0 Å². The first-order chi connectivity index (χ1) is 8.06. The molecule has 0 aliphatic heterocycles. The summed E-state index contributed by atoms with van der Waals surface area (Å²) in [7, 11) is 0. The molecule has 17 heavy (non-hydrogen) atoms. The number of nitrogens with zero attached hydrogens (tertiary/aromatic N) is 1. The normalized spacial score (nSPS) is 10.3. The zero-order valence-electron chi connectivity index (χ0n) is 9.79. The van der Waals surface area contributed by atoms with E-state index < -0.39 is 0 Å². The minimum atomic E-state index is -0.222. The zero-order valence-corrected chi connectivity index (χ0v) is 9.79. The first-order valence-electron chi connectivity index (χ1n) is 5.32. The van der Waals surface area contributed by atoms with Crippen molar-refractivity contribution in [3.05, 3.63) is 47.4 Å². The smallest absolute Gasteiger partial charge is 0.153 e. The van der Waals surface area contributed by atoms with E-state index >= 15 is 0 Å². The highest BCUT2D eigenvalue weighted by atomic mass is 19.1. The largest absolute Gasteiger partial charge is 0.396 e. The van der Waals surface area contributed by atoms with Crippen molar-refractivity contribution < 1.29 is 4.39 Å². The van der Waals surface area contributed by atoms with Gasteiger partial charge in [0.15, 0.2) is 5.82 Å². The maximum Gasteiger partial charge on any atom is 0.153 e. The van der Waals surface area contributed by atoms with Crippen LogP contribution < -0.4 is 11.1 Å². The molecule has 0 aliphatic rings. The van der Waals surface area contributed by atoms with Gasteiger partial charge in [0.25, 0.3) is 0 Å². The predicted octanol–water partition coefficient (Wildman–Crippen LogP) is 3.16. The van der Waals surface area contributed by atoms with E-state index in [9.17, 15) is 4.39 Å². The standard InChI is InChI=1S/C13H14FN3/c1-8-7-10(4-5-11(8)14)17-13-12(15)6-3-9(2)16-13/h3-7H,15H2,1-2H3,(H,16,17). The van der Waals surface area contributed by atoms with E-state index in [2.05, 4.69) is 10.3 Å². The van der Waals surface area contributed by atoms with E-state index in [1.807, 2.05) is 13.0 Å². The van der Waals surface area contributed by atoms with Gasteiger partial charge >= 0.3 is 0 Å². The molecule has 0 spiro atoms. The number of rotatable bonds is 2. The lowest BCUT2D eigenvalue weighted by molar-refractivity contribution is 0.619. The SMILES string of the molecule is Cc1ccc(N)c(Nc2ccc(F)c(C)c2)n1. The molecule has 88 valence electrons. The van der Waals surface area contributed by atoms with Gasteiger partial charge in [-0.3, -0.25) is 0 Å². The number of halogens is 1. The molecule has 3 nitrogen and oxygen atoms in total. The summed E-state index contributed by atoms with van der Waals surface area (Å²) in [6, 6.07) is 8.44. The molecule has 0 saturated heterocycles. The second kappa shape index (κ2) is 4.41. The van der Waals surface area contributed by atoms with Crippen LogP contribution in [0, 0.1) is 19.7 Å². The molecule has 1 aromatic heterocycles. The molecule has 3 N–H and O–H groups in total. The summed E-state index contributed by atoms with van der Waals surface area (Å²) < 4.78 is 13.1. The van der Waals surface area contributed by atoms with E-state index in [4.69, 9.17) is 5.73 Å². The molecule has 0 amide bonds. The Hall–Kier alpha value is -2.10. The first-order valence-corrected chi connectivity index (χ1v) is 5.32.